The van der Waals surface area contributed by atoms with E-state index in [-0.39, 0.29) is 5.91 Å². The third-order valence-corrected chi connectivity index (χ3v) is 4.67. The maximum Gasteiger partial charge on any atom is 0.254 e. The van der Waals surface area contributed by atoms with Gasteiger partial charge >= 0.3 is 0 Å². The minimum absolute atomic E-state index is 0.0842. The zero-order valence-electron chi connectivity index (χ0n) is 17.3. The predicted octanol–water partition coefficient (Wildman–Crippen LogP) is 4.54. The smallest absolute Gasteiger partial charge is 0.254 e. The van der Waals surface area contributed by atoms with E-state index in [1.807, 2.05) is 57.2 Å². The summed E-state index contributed by atoms with van der Waals surface area (Å²) in [5.41, 5.74) is 3.27. The molecule has 3 aromatic rings. The van der Waals surface area contributed by atoms with Crippen molar-refractivity contribution in [2.75, 3.05) is 13.7 Å². The third kappa shape index (κ3) is 4.96. The number of benzene rings is 2. The van der Waals surface area contributed by atoms with Crippen LogP contribution in [-0.4, -0.2) is 29.6 Å². The van der Waals surface area contributed by atoms with E-state index in [0.717, 1.165) is 28.3 Å². The van der Waals surface area contributed by atoms with E-state index in [9.17, 15) is 4.79 Å². The van der Waals surface area contributed by atoms with Gasteiger partial charge in [0.25, 0.3) is 5.91 Å². The molecule has 1 aromatic heterocycles. The molecule has 1 amide bonds. The molecule has 6 nitrogen and oxygen atoms in total. The van der Waals surface area contributed by atoms with Crippen LogP contribution in [-0.2, 0) is 13.2 Å². The van der Waals surface area contributed by atoms with Gasteiger partial charge in [-0.05, 0) is 45.0 Å². The standard InChI is InChI=1S/C23H26N2O4/c1-5-27-22-12-7-6-9-19(22)14-25(4)23(26)18-10-8-11-20(13-18)28-15-21-16(2)24-29-17(21)3/h6-13H,5,14-15H2,1-4H3. The van der Waals surface area contributed by atoms with E-state index in [1.165, 1.54) is 0 Å². The number of hydrogen-bond acceptors (Lipinski definition) is 5. The molecule has 0 aliphatic rings. The van der Waals surface area contributed by atoms with Gasteiger partial charge in [0.05, 0.1) is 17.9 Å². The molecule has 152 valence electrons. The maximum absolute atomic E-state index is 12.9. The van der Waals surface area contributed by atoms with Gasteiger partial charge in [-0.15, -0.1) is 0 Å². The summed E-state index contributed by atoms with van der Waals surface area (Å²) in [6, 6.07) is 15.0. The quantitative estimate of drug-likeness (QED) is 0.561. The molecule has 0 radical (unpaired) electrons. The fourth-order valence-electron chi connectivity index (χ4n) is 3.06. The van der Waals surface area contributed by atoms with Crippen LogP contribution in [0.2, 0.25) is 0 Å². The normalized spacial score (nSPS) is 10.6. The summed E-state index contributed by atoms with van der Waals surface area (Å²) in [4.78, 5) is 14.6. The van der Waals surface area contributed by atoms with E-state index in [1.54, 1.807) is 24.1 Å². The lowest BCUT2D eigenvalue weighted by atomic mass is 10.1. The van der Waals surface area contributed by atoms with E-state index >= 15 is 0 Å². The summed E-state index contributed by atoms with van der Waals surface area (Å²) >= 11 is 0. The Kier molecular flexibility index (Phi) is 6.54. The van der Waals surface area contributed by atoms with Crippen molar-refractivity contribution < 1.29 is 18.8 Å². The number of carbonyl (C=O) groups is 1. The van der Waals surface area contributed by atoms with Gasteiger partial charge in [-0.2, -0.15) is 0 Å². The van der Waals surface area contributed by atoms with Gasteiger partial charge in [-0.25, -0.2) is 0 Å². The Balaban J connectivity index is 1.69. The molecule has 0 saturated heterocycles. The molecule has 0 aliphatic heterocycles. The van der Waals surface area contributed by atoms with Crippen LogP contribution in [0.15, 0.2) is 53.1 Å². The molecule has 0 N–H and O–H groups in total. The molecule has 0 fully saturated rings. The third-order valence-electron chi connectivity index (χ3n) is 4.67. The second kappa shape index (κ2) is 9.28. The number of aromatic nitrogens is 1. The monoisotopic (exact) mass is 394 g/mol. The van der Waals surface area contributed by atoms with Crippen molar-refractivity contribution in [3.63, 3.8) is 0 Å². The first-order valence-electron chi connectivity index (χ1n) is 9.60. The number of amides is 1. The summed E-state index contributed by atoms with van der Waals surface area (Å²) in [6.07, 6.45) is 0. The van der Waals surface area contributed by atoms with Crippen molar-refractivity contribution in [1.82, 2.24) is 10.1 Å². The van der Waals surface area contributed by atoms with Gasteiger partial charge in [-0.1, -0.05) is 29.4 Å². The summed E-state index contributed by atoms with van der Waals surface area (Å²) in [7, 11) is 1.78. The van der Waals surface area contributed by atoms with Crippen molar-refractivity contribution in [3.05, 3.63) is 76.7 Å². The van der Waals surface area contributed by atoms with Gasteiger partial charge < -0.3 is 18.9 Å². The maximum atomic E-state index is 12.9. The van der Waals surface area contributed by atoms with Crippen LogP contribution in [0.3, 0.4) is 0 Å². The number of hydrogen-bond donors (Lipinski definition) is 0. The number of nitrogens with zero attached hydrogens (tertiary/aromatic N) is 2. The van der Waals surface area contributed by atoms with Gasteiger partial charge in [0, 0.05) is 24.7 Å². The molecule has 0 saturated carbocycles. The van der Waals surface area contributed by atoms with Crippen LogP contribution in [0.5, 0.6) is 11.5 Å². The first-order chi connectivity index (χ1) is 14.0. The fourth-order valence-corrected chi connectivity index (χ4v) is 3.06. The van der Waals surface area contributed by atoms with E-state index in [4.69, 9.17) is 14.0 Å². The zero-order valence-corrected chi connectivity index (χ0v) is 17.3. The highest BCUT2D eigenvalue weighted by Crippen LogP contribution is 2.22. The second-order valence-electron chi connectivity index (χ2n) is 6.82. The van der Waals surface area contributed by atoms with Crippen molar-refractivity contribution in [3.8, 4) is 11.5 Å². The average molecular weight is 394 g/mol. The molecule has 0 atom stereocenters. The SMILES string of the molecule is CCOc1ccccc1CN(C)C(=O)c1cccc(OCc2c(C)noc2C)c1. The number of para-hydroxylation sites is 1. The lowest BCUT2D eigenvalue weighted by Gasteiger charge is -2.19. The highest BCUT2D eigenvalue weighted by molar-refractivity contribution is 5.94. The van der Waals surface area contributed by atoms with Gasteiger partial charge in [0.1, 0.15) is 23.9 Å². The lowest BCUT2D eigenvalue weighted by molar-refractivity contribution is 0.0783. The van der Waals surface area contributed by atoms with Crippen LogP contribution in [0.1, 0.15) is 39.9 Å². The molecule has 0 spiro atoms. The van der Waals surface area contributed by atoms with Crippen molar-refractivity contribution in [1.29, 1.82) is 0 Å². The van der Waals surface area contributed by atoms with E-state index in [2.05, 4.69) is 5.16 Å². The number of rotatable bonds is 8. The molecular weight excluding hydrogens is 368 g/mol. The molecule has 1 heterocycles. The molecule has 3 rings (SSSR count). The van der Waals surface area contributed by atoms with Crippen LogP contribution < -0.4 is 9.47 Å². The topological polar surface area (TPSA) is 64.8 Å². The van der Waals surface area contributed by atoms with Crippen molar-refractivity contribution in [2.45, 2.75) is 33.9 Å². The Hall–Kier alpha value is -3.28. The van der Waals surface area contributed by atoms with Crippen LogP contribution >= 0.6 is 0 Å². The highest BCUT2D eigenvalue weighted by atomic mass is 16.5. The Morgan fingerprint density at radius 2 is 1.90 bits per heavy atom. The van der Waals surface area contributed by atoms with E-state index < -0.39 is 0 Å². The Morgan fingerprint density at radius 1 is 1.10 bits per heavy atom. The summed E-state index contributed by atoms with van der Waals surface area (Å²) in [5.74, 6) is 2.08. The summed E-state index contributed by atoms with van der Waals surface area (Å²) < 4.78 is 16.7. The minimum Gasteiger partial charge on any atom is -0.494 e. The molecule has 0 aliphatic carbocycles. The number of aryl methyl sites for hydroxylation is 2. The Bertz CT molecular complexity index is 961. The Labute approximate surface area is 171 Å². The predicted molar refractivity (Wildman–Crippen MR) is 110 cm³/mol. The van der Waals surface area contributed by atoms with E-state index in [0.29, 0.717) is 31.1 Å². The highest BCUT2D eigenvalue weighted by Gasteiger charge is 2.15. The first-order valence-corrected chi connectivity index (χ1v) is 9.60. The summed E-state index contributed by atoms with van der Waals surface area (Å²) in [6.45, 7) is 7.06. The van der Waals surface area contributed by atoms with Gasteiger partial charge in [0.15, 0.2) is 0 Å². The zero-order chi connectivity index (χ0) is 20.8. The molecule has 0 bridgehead atoms. The minimum atomic E-state index is -0.0842. The molecule has 0 unspecified atom stereocenters. The Morgan fingerprint density at radius 3 is 2.62 bits per heavy atom. The molecule has 6 heteroatoms. The van der Waals surface area contributed by atoms with Crippen molar-refractivity contribution in [2.24, 2.45) is 0 Å². The van der Waals surface area contributed by atoms with Gasteiger partial charge in [0.2, 0.25) is 0 Å². The molecule has 2 aromatic carbocycles. The van der Waals surface area contributed by atoms with Crippen LogP contribution in [0, 0.1) is 13.8 Å². The number of carbonyl (C=O) groups excluding carboxylic acids is 1. The second-order valence-corrected chi connectivity index (χ2v) is 6.82. The van der Waals surface area contributed by atoms with Crippen molar-refractivity contribution >= 4 is 5.91 Å². The number of ether oxygens (including phenoxy) is 2. The fraction of sp³-hybridized carbons (Fsp3) is 0.304. The largest absolute Gasteiger partial charge is 0.494 e. The van der Waals surface area contributed by atoms with Crippen LogP contribution in [0.25, 0.3) is 0 Å². The first kappa shape index (κ1) is 20.5. The van der Waals surface area contributed by atoms with Crippen LogP contribution in [0.4, 0.5) is 0 Å². The lowest BCUT2D eigenvalue weighted by Crippen LogP contribution is -2.26. The molecular formula is C23H26N2O4. The molecule has 29 heavy (non-hydrogen) atoms. The summed E-state index contributed by atoms with van der Waals surface area (Å²) in [5, 5.41) is 3.93. The van der Waals surface area contributed by atoms with Gasteiger partial charge in [-0.3, -0.25) is 4.79 Å². The average Bonchev–Trinajstić information content (AvgIpc) is 3.05.